The molecule has 0 fully saturated rings. The molecule has 0 radical (unpaired) electrons. The molecule has 5 nitrogen and oxygen atoms in total. The Morgan fingerprint density at radius 3 is 2.33 bits per heavy atom. The second-order valence-electron chi connectivity index (χ2n) is 6.37. The number of anilines is 1. The van der Waals surface area contributed by atoms with Crippen molar-refractivity contribution in [3.63, 3.8) is 0 Å². The number of carbonyl (C=O) groups is 1. The molecular weight excluding hydrogens is 336 g/mol. The van der Waals surface area contributed by atoms with Crippen molar-refractivity contribution in [2.75, 3.05) is 12.4 Å². The van der Waals surface area contributed by atoms with Crippen LogP contribution in [0, 0.1) is 0 Å². The van der Waals surface area contributed by atoms with Gasteiger partial charge in [0.25, 0.3) is 5.91 Å². The zero-order valence-corrected chi connectivity index (χ0v) is 15.0. The molecule has 0 aliphatic rings. The number of fused-ring (bicyclic) bond motifs is 1. The van der Waals surface area contributed by atoms with Crippen LogP contribution in [-0.4, -0.2) is 22.5 Å². The lowest BCUT2D eigenvalue weighted by Gasteiger charge is -2.10. The Kier molecular flexibility index (Phi) is 4.34. The van der Waals surface area contributed by atoms with Crippen LogP contribution in [0.1, 0.15) is 15.9 Å². The minimum atomic E-state index is -0.472. The average molecular weight is 356 g/mol. The monoisotopic (exact) mass is 356 g/mol. The fourth-order valence-corrected chi connectivity index (χ4v) is 3.31. The number of nitrogens with zero attached hydrogens (tertiary/aromatic N) is 2. The van der Waals surface area contributed by atoms with Gasteiger partial charge in [-0.15, -0.1) is 0 Å². The molecule has 0 aliphatic heterocycles. The van der Waals surface area contributed by atoms with Gasteiger partial charge >= 0.3 is 0 Å². The van der Waals surface area contributed by atoms with Crippen LogP contribution in [0.3, 0.4) is 0 Å². The van der Waals surface area contributed by atoms with E-state index in [0.29, 0.717) is 23.6 Å². The number of amides is 1. The molecule has 134 valence electrons. The highest BCUT2D eigenvalue weighted by atomic mass is 16.1. The van der Waals surface area contributed by atoms with Crippen molar-refractivity contribution < 1.29 is 4.79 Å². The molecule has 0 saturated heterocycles. The van der Waals surface area contributed by atoms with Crippen LogP contribution < -0.4 is 11.1 Å². The zero-order valence-electron chi connectivity index (χ0n) is 15.0. The van der Waals surface area contributed by atoms with Gasteiger partial charge in [-0.05, 0) is 28.8 Å². The first kappa shape index (κ1) is 16.8. The molecule has 1 aromatic heterocycles. The van der Waals surface area contributed by atoms with Gasteiger partial charge in [0, 0.05) is 7.05 Å². The second kappa shape index (κ2) is 6.96. The van der Waals surface area contributed by atoms with Crippen molar-refractivity contribution in [2.24, 2.45) is 5.73 Å². The number of benzene rings is 3. The highest BCUT2D eigenvalue weighted by Crippen LogP contribution is 2.25. The summed E-state index contributed by atoms with van der Waals surface area (Å²) in [4.78, 5) is 16.3. The summed E-state index contributed by atoms with van der Waals surface area (Å²) >= 11 is 0. The quantitative estimate of drug-likeness (QED) is 0.570. The van der Waals surface area contributed by atoms with Gasteiger partial charge < -0.3 is 15.6 Å². The summed E-state index contributed by atoms with van der Waals surface area (Å²) in [5, 5.41) is 3.11. The summed E-state index contributed by atoms with van der Waals surface area (Å²) < 4.78 is 2.05. The number of nitrogens with one attached hydrogen (secondary N) is 1. The third-order valence-corrected chi connectivity index (χ3v) is 4.67. The number of rotatable bonds is 5. The van der Waals surface area contributed by atoms with Crippen molar-refractivity contribution in [3.05, 3.63) is 83.9 Å². The third kappa shape index (κ3) is 3.15. The normalized spacial score (nSPS) is 10.9. The summed E-state index contributed by atoms with van der Waals surface area (Å²) in [6.07, 6.45) is 0. The van der Waals surface area contributed by atoms with Crippen LogP contribution in [0.4, 0.5) is 5.95 Å². The summed E-state index contributed by atoms with van der Waals surface area (Å²) in [6.45, 7) is 0.643. The van der Waals surface area contributed by atoms with Gasteiger partial charge in [0.15, 0.2) is 0 Å². The molecule has 3 aromatic carbocycles. The van der Waals surface area contributed by atoms with E-state index in [-0.39, 0.29) is 0 Å². The maximum absolute atomic E-state index is 11.7. The first-order valence-corrected chi connectivity index (χ1v) is 8.78. The fourth-order valence-electron chi connectivity index (χ4n) is 3.31. The molecule has 27 heavy (non-hydrogen) atoms. The molecule has 1 heterocycles. The number of carbonyl (C=O) groups excluding carboxylic acids is 1. The highest BCUT2D eigenvalue weighted by molar-refractivity contribution is 6.04. The van der Waals surface area contributed by atoms with Gasteiger partial charge in [-0.3, -0.25) is 4.79 Å². The minimum Gasteiger partial charge on any atom is -0.366 e. The van der Waals surface area contributed by atoms with E-state index in [0.717, 1.165) is 11.1 Å². The molecule has 4 rings (SSSR count). The van der Waals surface area contributed by atoms with Crippen molar-refractivity contribution in [3.8, 4) is 11.1 Å². The average Bonchev–Trinajstić information content (AvgIpc) is 3.06. The van der Waals surface area contributed by atoms with E-state index in [1.807, 2.05) is 37.4 Å². The van der Waals surface area contributed by atoms with Gasteiger partial charge in [0.1, 0.15) is 5.52 Å². The van der Waals surface area contributed by atoms with E-state index in [9.17, 15) is 4.79 Å². The SMILES string of the molecule is CNc1nc2c(C(N)=O)cccc2n1Cc1ccc(-c2ccccc2)cc1. The molecule has 3 N–H and O–H groups in total. The van der Waals surface area contributed by atoms with Crippen LogP contribution in [-0.2, 0) is 6.54 Å². The Morgan fingerprint density at radius 2 is 1.67 bits per heavy atom. The van der Waals surface area contributed by atoms with Gasteiger partial charge in [0.2, 0.25) is 5.95 Å². The lowest BCUT2D eigenvalue weighted by Crippen LogP contribution is -2.11. The van der Waals surface area contributed by atoms with E-state index in [1.165, 1.54) is 11.1 Å². The zero-order chi connectivity index (χ0) is 18.8. The van der Waals surface area contributed by atoms with Crippen LogP contribution >= 0.6 is 0 Å². The Labute approximate surface area is 157 Å². The first-order valence-electron chi connectivity index (χ1n) is 8.78. The lowest BCUT2D eigenvalue weighted by molar-refractivity contribution is 0.100. The minimum absolute atomic E-state index is 0.433. The Balaban J connectivity index is 1.71. The maximum Gasteiger partial charge on any atom is 0.250 e. The Bertz CT molecular complexity index is 1100. The number of imidazole rings is 1. The van der Waals surface area contributed by atoms with Gasteiger partial charge in [0.05, 0.1) is 17.6 Å². The molecule has 1 amide bonds. The summed E-state index contributed by atoms with van der Waals surface area (Å²) in [7, 11) is 1.82. The molecule has 4 aromatic rings. The summed E-state index contributed by atoms with van der Waals surface area (Å²) in [6, 6.07) is 24.3. The molecule has 5 heteroatoms. The van der Waals surface area contributed by atoms with Crippen molar-refractivity contribution in [1.29, 1.82) is 0 Å². The van der Waals surface area contributed by atoms with Gasteiger partial charge in [-0.2, -0.15) is 0 Å². The topological polar surface area (TPSA) is 72.9 Å². The molecule has 0 spiro atoms. The lowest BCUT2D eigenvalue weighted by atomic mass is 10.0. The molecule has 0 aliphatic carbocycles. The molecule has 0 saturated carbocycles. The highest BCUT2D eigenvalue weighted by Gasteiger charge is 2.15. The number of hydrogen-bond acceptors (Lipinski definition) is 3. The Morgan fingerprint density at radius 1 is 0.963 bits per heavy atom. The molecular formula is C22H20N4O. The predicted octanol–water partition coefficient (Wildman–Crippen LogP) is 3.89. The molecule has 0 bridgehead atoms. The van der Waals surface area contributed by atoms with Crippen molar-refractivity contribution >= 4 is 22.9 Å². The van der Waals surface area contributed by atoms with Crippen molar-refractivity contribution in [1.82, 2.24) is 9.55 Å². The van der Waals surface area contributed by atoms with E-state index < -0.39 is 5.91 Å². The van der Waals surface area contributed by atoms with Crippen LogP contribution in [0.2, 0.25) is 0 Å². The first-order chi connectivity index (χ1) is 13.2. The molecule has 0 atom stereocenters. The Hall–Kier alpha value is -3.60. The fraction of sp³-hybridized carbons (Fsp3) is 0.0909. The van der Waals surface area contributed by atoms with Crippen molar-refractivity contribution in [2.45, 2.75) is 6.54 Å². The largest absolute Gasteiger partial charge is 0.366 e. The maximum atomic E-state index is 11.7. The number of nitrogens with two attached hydrogens (primary N) is 1. The van der Waals surface area contributed by atoms with Crippen LogP contribution in [0.5, 0.6) is 0 Å². The number of para-hydroxylation sites is 1. The van der Waals surface area contributed by atoms with E-state index in [4.69, 9.17) is 5.73 Å². The van der Waals surface area contributed by atoms with Gasteiger partial charge in [-0.25, -0.2) is 4.98 Å². The summed E-state index contributed by atoms with van der Waals surface area (Å²) in [5.74, 6) is 0.228. The van der Waals surface area contributed by atoms with E-state index in [1.54, 1.807) is 6.07 Å². The predicted molar refractivity (Wildman–Crippen MR) is 109 cm³/mol. The van der Waals surface area contributed by atoms with Gasteiger partial charge in [-0.1, -0.05) is 60.7 Å². The third-order valence-electron chi connectivity index (χ3n) is 4.67. The molecule has 0 unspecified atom stereocenters. The number of primary amides is 1. The number of hydrogen-bond donors (Lipinski definition) is 2. The summed E-state index contributed by atoms with van der Waals surface area (Å²) in [5.41, 5.74) is 10.9. The number of aromatic nitrogens is 2. The smallest absolute Gasteiger partial charge is 0.250 e. The van der Waals surface area contributed by atoms with E-state index >= 15 is 0 Å². The second-order valence-corrected chi connectivity index (χ2v) is 6.37. The van der Waals surface area contributed by atoms with E-state index in [2.05, 4.69) is 51.3 Å². The van der Waals surface area contributed by atoms with Crippen LogP contribution in [0.15, 0.2) is 72.8 Å². The standard InChI is InChI=1S/C22H20N4O/c1-24-22-25-20-18(21(23)27)8-5-9-19(20)26(22)14-15-10-12-17(13-11-15)16-6-3-2-4-7-16/h2-13H,14H2,1H3,(H2,23,27)(H,24,25). The van der Waals surface area contributed by atoms with Crippen LogP contribution in [0.25, 0.3) is 22.2 Å².